The van der Waals surface area contributed by atoms with Crippen LogP contribution in [-0.2, 0) is 9.53 Å². The van der Waals surface area contributed by atoms with E-state index in [2.05, 4.69) is 26.1 Å². The van der Waals surface area contributed by atoms with E-state index in [9.17, 15) is 4.79 Å². The fraction of sp³-hybridized carbons (Fsp3) is 0.909. The molecule has 0 amide bonds. The zero-order valence-electron chi connectivity index (χ0n) is 9.43. The molecule has 1 aliphatic heterocycles. The Bertz CT molecular complexity index is 190. The number of carbonyl (C=O) groups is 1. The Morgan fingerprint density at radius 3 is 2.43 bits per heavy atom. The third kappa shape index (κ3) is 4.61. The van der Waals surface area contributed by atoms with Gasteiger partial charge in [0.05, 0.1) is 6.42 Å². The molecule has 1 saturated heterocycles. The predicted molar refractivity (Wildman–Crippen MR) is 56.1 cm³/mol. The van der Waals surface area contributed by atoms with Crippen LogP contribution in [0, 0.1) is 5.41 Å². The normalized spacial score (nSPS) is 19.4. The fourth-order valence-corrected chi connectivity index (χ4v) is 1.57. The Kier molecular flexibility index (Phi) is 3.93. The largest absolute Gasteiger partial charge is 0.462 e. The second kappa shape index (κ2) is 4.78. The molecule has 0 radical (unpaired) electrons. The Hall–Kier alpha value is -0.570. The molecule has 0 unspecified atom stereocenters. The summed E-state index contributed by atoms with van der Waals surface area (Å²) in [5.74, 6) is -0.0515. The number of hydrogen-bond acceptors (Lipinski definition) is 3. The van der Waals surface area contributed by atoms with Gasteiger partial charge in [-0.25, -0.2) is 0 Å². The van der Waals surface area contributed by atoms with Crippen molar-refractivity contribution in [3.63, 3.8) is 0 Å². The Morgan fingerprint density at radius 1 is 1.36 bits per heavy atom. The van der Waals surface area contributed by atoms with Crippen LogP contribution in [0.4, 0.5) is 0 Å². The van der Waals surface area contributed by atoms with Gasteiger partial charge < -0.3 is 10.1 Å². The molecule has 82 valence electrons. The van der Waals surface area contributed by atoms with Crippen LogP contribution in [-0.4, -0.2) is 25.2 Å². The molecule has 1 rings (SSSR count). The van der Waals surface area contributed by atoms with E-state index < -0.39 is 0 Å². The van der Waals surface area contributed by atoms with Crippen molar-refractivity contribution in [2.24, 2.45) is 5.41 Å². The maximum atomic E-state index is 11.5. The summed E-state index contributed by atoms with van der Waals surface area (Å²) in [5.41, 5.74) is 0.0317. The molecule has 0 aromatic rings. The molecule has 0 aromatic carbocycles. The first-order valence-electron chi connectivity index (χ1n) is 5.37. The van der Waals surface area contributed by atoms with Crippen LogP contribution in [0.25, 0.3) is 0 Å². The van der Waals surface area contributed by atoms with Crippen molar-refractivity contribution in [3.05, 3.63) is 0 Å². The molecule has 0 spiro atoms. The first kappa shape index (κ1) is 11.5. The average molecular weight is 199 g/mol. The molecular weight excluding hydrogens is 178 g/mol. The lowest BCUT2D eigenvalue weighted by Gasteiger charge is -2.24. The van der Waals surface area contributed by atoms with Gasteiger partial charge in [-0.2, -0.15) is 0 Å². The molecule has 1 N–H and O–H groups in total. The van der Waals surface area contributed by atoms with E-state index in [4.69, 9.17) is 4.74 Å². The van der Waals surface area contributed by atoms with Gasteiger partial charge in [0.1, 0.15) is 6.10 Å². The van der Waals surface area contributed by atoms with Crippen LogP contribution in [0.15, 0.2) is 0 Å². The highest BCUT2D eigenvalue weighted by molar-refractivity contribution is 5.70. The van der Waals surface area contributed by atoms with Gasteiger partial charge in [0.2, 0.25) is 0 Å². The molecule has 0 aliphatic carbocycles. The number of ether oxygens (including phenoxy) is 1. The molecule has 0 saturated carbocycles. The second-order valence-corrected chi connectivity index (χ2v) is 5.18. The summed E-state index contributed by atoms with van der Waals surface area (Å²) in [7, 11) is 0. The van der Waals surface area contributed by atoms with Crippen molar-refractivity contribution >= 4 is 5.97 Å². The topological polar surface area (TPSA) is 38.3 Å². The molecular formula is C11H21NO2. The third-order valence-corrected chi connectivity index (χ3v) is 2.26. The lowest BCUT2D eigenvalue weighted by atomic mass is 9.92. The number of rotatable bonds is 2. The van der Waals surface area contributed by atoms with Crippen LogP contribution in [0.5, 0.6) is 0 Å². The standard InChI is InChI=1S/C11H21NO2/c1-11(2,3)8-10(13)14-9-4-6-12-7-5-9/h9,12H,4-8H2,1-3H3. The molecule has 3 heteroatoms. The van der Waals surface area contributed by atoms with Gasteiger partial charge in [-0.15, -0.1) is 0 Å². The van der Waals surface area contributed by atoms with Crippen molar-refractivity contribution in [1.29, 1.82) is 0 Å². The minimum Gasteiger partial charge on any atom is -0.462 e. The van der Waals surface area contributed by atoms with Crippen molar-refractivity contribution in [3.8, 4) is 0 Å². The SMILES string of the molecule is CC(C)(C)CC(=O)OC1CCNCC1. The summed E-state index contributed by atoms with van der Waals surface area (Å²) >= 11 is 0. The zero-order chi connectivity index (χ0) is 10.6. The lowest BCUT2D eigenvalue weighted by Crippen LogP contribution is -2.34. The van der Waals surface area contributed by atoms with Crippen molar-refractivity contribution in [2.45, 2.75) is 46.1 Å². The summed E-state index contributed by atoms with van der Waals surface area (Å²) in [6.07, 6.45) is 2.56. The van der Waals surface area contributed by atoms with E-state index in [1.54, 1.807) is 0 Å². The van der Waals surface area contributed by atoms with Gasteiger partial charge >= 0.3 is 5.97 Å². The highest BCUT2D eigenvalue weighted by Crippen LogP contribution is 2.20. The van der Waals surface area contributed by atoms with Crippen LogP contribution in [0.3, 0.4) is 0 Å². The van der Waals surface area contributed by atoms with Crippen LogP contribution in [0.2, 0.25) is 0 Å². The summed E-state index contributed by atoms with van der Waals surface area (Å²) in [5, 5.41) is 3.24. The molecule has 1 fully saturated rings. The Morgan fingerprint density at radius 2 is 1.93 bits per heavy atom. The van der Waals surface area contributed by atoms with E-state index in [1.807, 2.05) is 0 Å². The molecule has 1 heterocycles. The highest BCUT2D eigenvalue weighted by atomic mass is 16.5. The summed E-state index contributed by atoms with van der Waals surface area (Å²) < 4.78 is 5.39. The Balaban J connectivity index is 2.25. The van der Waals surface area contributed by atoms with Gasteiger partial charge in [-0.1, -0.05) is 20.8 Å². The van der Waals surface area contributed by atoms with Crippen LogP contribution in [0.1, 0.15) is 40.0 Å². The molecule has 1 aliphatic rings. The van der Waals surface area contributed by atoms with Gasteiger partial charge in [0, 0.05) is 0 Å². The predicted octanol–water partition coefficient (Wildman–Crippen LogP) is 1.72. The first-order valence-corrected chi connectivity index (χ1v) is 5.37. The number of piperidine rings is 1. The number of carbonyl (C=O) groups excluding carboxylic acids is 1. The zero-order valence-corrected chi connectivity index (χ0v) is 9.43. The first-order chi connectivity index (χ1) is 6.47. The van der Waals surface area contributed by atoms with Crippen LogP contribution >= 0.6 is 0 Å². The van der Waals surface area contributed by atoms with Gasteiger partial charge in [-0.05, 0) is 31.3 Å². The fourth-order valence-electron chi connectivity index (χ4n) is 1.57. The minimum absolute atomic E-state index is 0.0317. The van der Waals surface area contributed by atoms with Crippen molar-refractivity contribution in [1.82, 2.24) is 5.32 Å². The maximum Gasteiger partial charge on any atom is 0.306 e. The molecule has 3 nitrogen and oxygen atoms in total. The van der Waals surface area contributed by atoms with E-state index >= 15 is 0 Å². The van der Waals surface area contributed by atoms with E-state index in [-0.39, 0.29) is 17.5 Å². The quantitative estimate of drug-likeness (QED) is 0.688. The van der Waals surface area contributed by atoms with Gasteiger partial charge in [0.15, 0.2) is 0 Å². The molecule has 0 atom stereocenters. The maximum absolute atomic E-state index is 11.5. The Labute approximate surface area is 86.2 Å². The summed E-state index contributed by atoms with van der Waals surface area (Å²) in [4.78, 5) is 11.5. The second-order valence-electron chi connectivity index (χ2n) is 5.18. The van der Waals surface area contributed by atoms with Gasteiger partial charge in [0.25, 0.3) is 0 Å². The number of hydrogen-bond donors (Lipinski definition) is 1. The van der Waals surface area contributed by atoms with E-state index in [1.165, 1.54) is 0 Å². The molecule has 0 bridgehead atoms. The highest BCUT2D eigenvalue weighted by Gasteiger charge is 2.21. The smallest absolute Gasteiger partial charge is 0.306 e. The van der Waals surface area contributed by atoms with Crippen molar-refractivity contribution < 1.29 is 9.53 Å². The summed E-state index contributed by atoms with van der Waals surface area (Å²) in [6, 6.07) is 0. The van der Waals surface area contributed by atoms with E-state index in [0.717, 1.165) is 25.9 Å². The third-order valence-electron chi connectivity index (χ3n) is 2.26. The lowest BCUT2D eigenvalue weighted by molar-refractivity contribution is -0.152. The number of esters is 1. The van der Waals surface area contributed by atoms with E-state index in [0.29, 0.717) is 6.42 Å². The van der Waals surface area contributed by atoms with Gasteiger partial charge in [-0.3, -0.25) is 4.79 Å². The molecule has 14 heavy (non-hydrogen) atoms. The molecule has 0 aromatic heterocycles. The minimum atomic E-state index is -0.0515. The summed E-state index contributed by atoms with van der Waals surface area (Å²) in [6.45, 7) is 8.09. The number of nitrogens with one attached hydrogen (secondary N) is 1. The average Bonchev–Trinajstić information content (AvgIpc) is 2.02. The van der Waals surface area contributed by atoms with Crippen LogP contribution < -0.4 is 5.32 Å². The monoisotopic (exact) mass is 199 g/mol. The van der Waals surface area contributed by atoms with Crippen molar-refractivity contribution in [2.75, 3.05) is 13.1 Å².